The molecule has 0 unspecified atom stereocenters. The van der Waals surface area contributed by atoms with E-state index in [4.69, 9.17) is 9.47 Å². The van der Waals surface area contributed by atoms with Crippen LogP contribution in [0.3, 0.4) is 0 Å². The Morgan fingerprint density at radius 1 is 0.800 bits per heavy atom. The van der Waals surface area contributed by atoms with Crippen molar-refractivity contribution in [2.75, 3.05) is 6.61 Å². The maximum Gasteiger partial charge on any atom is 0.306 e. The number of benzene rings is 2. The van der Waals surface area contributed by atoms with Crippen LogP contribution in [0.25, 0.3) is 0 Å². The number of esters is 1. The average Bonchev–Trinajstić information content (AvgIpc) is 3.54. The fourth-order valence-electron chi connectivity index (χ4n) is 11.8. The normalized spacial score (nSPS) is 28.9. The van der Waals surface area contributed by atoms with Crippen LogP contribution in [0.4, 0.5) is 0 Å². The van der Waals surface area contributed by atoms with Crippen molar-refractivity contribution in [2.45, 2.75) is 170 Å². The lowest BCUT2D eigenvalue weighted by atomic mass is 9.47. The molecule has 4 aliphatic rings. The molecular weight excluding hydrogens is 673 g/mol. The first kappa shape index (κ1) is 41.6. The molecule has 4 aliphatic carbocycles. The molecular formula is C52H74O3. The van der Waals surface area contributed by atoms with Gasteiger partial charge >= 0.3 is 5.97 Å². The van der Waals surface area contributed by atoms with Crippen LogP contribution in [0, 0.1) is 58.2 Å². The van der Waals surface area contributed by atoms with Gasteiger partial charge < -0.3 is 9.47 Å². The lowest BCUT2D eigenvalue weighted by molar-refractivity contribution is -0.151. The summed E-state index contributed by atoms with van der Waals surface area (Å²) in [7, 11) is 0. The molecule has 2 aromatic carbocycles. The van der Waals surface area contributed by atoms with Crippen LogP contribution in [-0.2, 0) is 16.0 Å². The van der Waals surface area contributed by atoms with E-state index in [0.717, 1.165) is 104 Å². The predicted octanol–water partition coefficient (Wildman–Crippen LogP) is 13.7. The highest BCUT2D eigenvalue weighted by Gasteiger charge is 2.59. The van der Waals surface area contributed by atoms with Crippen LogP contribution >= 0.6 is 0 Å². The number of carbonyl (C=O) groups is 1. The molecule has 0 spiro atoms. The van der Waals surface area contributed by atoms with E-state index in [1.807, 2.05) is 24.3 Å². The minimum atomic E-state index is 0.00732. The van der Waals surface area contributed by atoms with Crippen molar-refractivity contribution >= 4 is 5.97 Å². The van der Waals surface area contributed by atoms with Crippen molar-refractivity contribution in [1.82, 2.24) is 0 Å². The molecule has 3 nitrogen and oxygen atoms in total. The molecule has 8 atom stereocenters. The van der Waals surface area contributed by atoms with Crippen molar-refractivity contribution < 1.29 is 14.3 Å². The predicted molar refractivity (Wildman–Crippen MR) is 229 cm³/mol. The van der Waals surface area contributed by atoms with Crippen molar-refractivity contribution in [2.24, 2.45) is 46.3 Å². The number of aryl methyl sites for hydroxylation is 1. The second kappa shape index (κ2) is 19.4. The fourth-order valence-corrected chi connectivity index (χ4v) is 11.8. The molecule has 2 aromatic rings. The molecule has 0 radical (unpaired) electrons. The molecule has 3 saturated carbocycles. The molecule has 0 aromatic heterocycles. The van der Waals surface area contributed by atoms with E-state index in [1.165, 1.54) is 76.2 Å². The van der Waals surface area contributed by atoms with Crippen molar-refractivity contribution in [3.8, 4) is 17.6 Å². The second-order valence-electron chi connectivity index (χ2n) is 19.2. The number of hydrogen-bond donors (Lipinski definition) is 0. The summed E-state index contributed by atoms with van der Waals surface area (Å²) in [6.45, 7) is 15.6. The number of fused-ring (bicyclic) bond motifs is 5. The standard InChI is InChI=1S/C52H74O3/c1-7-8-12-36-54-44-27-24-42(25-28-44)23-22-41-20-18-40(19-21-41)16-10-9-11-17-50(53)55-45-32-34-51(5)43(37-45)26-29-46-48-31-30-47(39(4)15-13-14-38(2)3)52(48,6)35-33-49(46)51/h18-21,24-28,38-39,45-49H,7-17,29-37H2,1-6H3/t39-,45+,46+,47-,48+,49+,51+,52-/m1/s1. The summed E-state index contributed by atoms with van der Waals surface area (Å²) >= 11 is 0. The largest absolute Gasteiger partial charge is 0.494 e. The molecule has 3 fully saturated rings. The molecule has 0 aliphatic heterocycles. The monoisotopic (exact) mass is 747 g/mol. The lowest BCUT2D eigenvalue weighted by Crippen LogP contribution is -2.51. The SMILES string of the molecule is CCCCCOc1ccc(C#Cc2ccc(CCCCCC(=O)O[C@H]3CC[C@@]4(C)C(=CC[C@H]5[C@@H]6CC[C@H]([C@H](C)CCCC(C)C)[C@@]6(C)CC[C@@H]54)C3)cc2)cc1. The number of carbonyl (C=O) groups excluding carboxylic acids is 1. The van der Waals surface area contributed by atoms with E-state index in [9.17, 15) is 4.79 Å². The van der Waals surface area contributed by atoms with Crippen molar-refractivity contribution in [3.63, 3.8) is 0 Å². The quantitative estimate of drug-likeness (QED) is 0.0700. The Labute approximate surface area is 336 Å². The number of hydrogen-bond acceptors (Lipinski definition) is 3. The first-order valence-electron chi connectivity index (χ1n) is 22.8. The van der Waals surface area contributed by atoms with Gasteiger partial charge in [0.1, 0.15) is 11.9 Å². The zero-order valence-corrected chi connectivity index (χ0v) is 35.6. The van der Waals surface area contributed by atoms with Crippen LogP contribution in [0.1, 0.15) is 174 Å². The van der Waals surface area contributed by atoms with E-state index in [0.29, 0.717) is 17.3 Å². The highest BCUT2D eigenvalue weighted by Crippen LogP contribution is 2.67. The summed E-state index contributed by atoms with van der Waals surface area (Å²) in [5.41, 5.74) is 5.80. The third-order valence-electron chi connectivity index (χ3n) is 15.1. The van der Waals surface area contributed by atoms with Gasteiger partial charge in [-0.15, -0.1) is 0 Å². The summed E-state index contributed by atoms with van der Waals surface area (Å²) in [6.07, 6.45) is 25.1. The molecule has 0 saturated heterocycles. The van der Waals surface area contributed by atoms with Crippen molar-refractivity contribution in [1.29, 1.82) is 0 Å². The summed E-state index contributed by atoms with van der Waals surface area (Å²) in [6, 6.07) is 16.7. The molecule has 0 heterocycles. The van der Waals surface area contributed by atoms with Gasteiger partial charge in [0.15, 0.2) is 0 Å². The summed E-state index contributed by atoms with van der Waals surface area (Å²) in [5, 5.41) is 0. The highest BCUT2D eigenvalue weighted by molar-refractivity contribution is 5.69. The Kier molecular flexibility index (Phi) is 14.7. The number of unbranched alkanes of at least 4 members (excludes halogenated alkanes) is 4. The second-order valence-corrected chi connectivity index (χ2v) is 19.2. The smallest absolute Gasteiger partial charge is 0.306 e. The Balaban J connectivity index is 0.891. The van der Waals surface area contributed by atoms with E-state index >= 15 is 0 Å². The summed E-state index contributed by atoms with van der Waals surface area (Å²) < 4.78 is 12.0. The molecule has 300 valence electrons. The molecule has 0 amide bonds. The van der Waals surface area contributed by atoms with E-state index in [-0.39, 0.29) is 12.1 Å². The van der Waals surface area contributed by atoms with Gasteiger partial charge in [0.2, 0.25) is 0 Å². The third kappa shape index (κ3) is 10.5. The van der Waals surface area contributed by atoms with Crippen LogP contribution < -0.4 is 4.74 Å². The highest BCUT2D eigenvalue weighted by atomic mass is 16.5. The minimum absolute atomic E-state index is 0.00732. The van der Waals surface area contributed by atoms with Gasteiger partial charge in [0.25, 0.3) is 0 Å². The van der Waals surface area contributed by atoms with Gasteiger partial charge in [-0.25, -0.2) is 0 Å². The number of ether oxygens (including phenoxy) is 2. The van der Waals surface area contributed by atoms with Crippen LogP contribution in [0.5, 0.6) is 5.75 Å². The Hall–Kier alpha value is -2.99. The van der Waals surface area contributed by atoms with Gasteiger partial charge in [-0.3, -0.25) is 4.79 Å². The van der Waals surface area contributed by atoms with Gasteiger partial charge in [-0.05, 0) is 159 Å². The minimum Gasteiger partial charge on any atom is -0.494 e. The maximum atomic E-state index is 13.0. The zero-order chi connectivity index (χ0) is 38.8. The van der Waals surface area contributed by atoms with Crippen molar-refractivity contribution in [3.05, 3.63) is 76.9 Å². The van der Waals surface area contributed by atoms with E-state index in [2.05, 4.69) is 83.7 Å². The lowest BCUT2D eigenvalue weighted by Gasteiger charge is -2.58. The fraction of sp³-hybridized carbons (Fsp3) is 0.673. The molecule has 6 rings (SSSR count). The van der Waals surface area contributed by atoms with E-state index in [1.54, 1.807) is 5.57 Å². The average molecular weight is 747 g/mol. The molecule has 0 N–H and O–H groups in total. The van der Waals surface area contributed by atoms with Crippen LogP contribution in [0.15, 0.2) is 60.2 Å². The van der Waals surface area contributed by atoms with E-state index < -0.39 is 0 Å². The zero-order valence-electron chi connectivity index (χ0n) is 35.6. The van der Waals surface area contributed by atoms with Gasteiger partial charge in [0.05, 0.1) is 6.61 Å². The topological polar surface area (TPSA) is 35.5 Å². The Morgan fingerprint density at radius 2 is 1.55 bits per heavy atom. The van der Waals surface area contributed by atoms with Gasteiger partial charge in [-0.2, -0.15) is 0 Å². The van der Waals surface area contributed by atoms with Crippen LogP contribution in [0.2, 0.25) is 0 Å². The van der Waals surface area contributed by atoms with Gasteiger partial charge in [0, 0.05) is 24.0 Å². The maximum absolute atomic E-state index is 13.0. The number of allylic oxidation sites excluding steroid dienone is 1. The first-order chi connectivity index (χ1) is 26.6. The van der Waals surface area contributed by atoms with Gasteiger partial charge in [-0.1, -0.05) is 116 Å². The number of rotatable bonds is 17. The molecule has 0 bridgehead atoms. The third-order valence-corrected chi connectivity index (χ3v) is 15.1. The molecule has 3 heteroatoms. The summed E-state index contributed by atoms with van der Waals surface area (Å²) in [4.78, 5) is 13.0. The Morgan fingerprint density at radius 3 is 2.27 bits per heavy atom. The summed E-state index contributed by atoms with van der Waals surface area (Å²) in [5.74, 6) is 12.6. The van der Waals surface area contributed by atoms with Crippen LogP contribution in [-0.4, -0.2) is 18.7 Å². The first-order valence-corrected chi connectivity index (χ1v) is 22.8. The molecule has 55 heavy (non-hydrogen) atoms. The Bertz CT molecular complexity index is 1610.